The van der Waals surface area contributed by atoms with E-state index in [0.717, 1.165) is 19.3 Å². The molecule has 118 valence electrons. The highest BCUT2D eigenvalue weighted by atomic mass is 16.2. The lowest BCUT2D eigenvalue weighted by molar-refractivity contribution is -0.132. The number of rotatable bonds is 6. The molecule has 2 atom stereocenters. The Bertz CT molecular complexity index is 529. The maximum absolute atomic E-state index is 12.5. The van der Waals surface area contributed by atoms with Crippen LogP contribution in [-0.4, -0.2) is 51.0 Å². The zero-order chi connectivity index (χ0) is 15.9. The third kappa shape index (κ3) is 3.92. The highest BCUT2D eigenvalue weighted by Crippen LogP contribution is 2.17. The molecule has 7 heteroatoms. The quantitative estimate of drug-likeness (QED) is 0.800. The largest absolute Gasteiger partial charge is 0.325 e. The maximum Gasteiger partial charge on any atom is 0.239 e. The van der Waals surface area contributed by atoms with E-state index < -0.39 is 0 Å². The first-order chi connectivity index (χ1) is 10.7. The molecule has 1 aliphatic rings. The molecule has 1 fully saturated rings. The van der Waals surface area contributed by atoms with Crippen molar-refractivity contribution in [2.45, 2.75) is 45.2 Å². The van der Waals surface area contributed by atoms with E-state index in [1.165, 1.54) is 0 Å². The summed E-state index contributed by atoms with van der Waals surface area (Å²) < 4.78 is 0. The van der Waals surface area contributed by atoms with Crippen LogP contribution in [0.3, 0.4) is 0 Å². The van der Waals surface area contributed by atoms with Crippen molar-refractivity contribution in [1.82, 2.24) is 19.9 Å². The molecule has 1 amide bonds. The van der Waals surface area contributed by atoms with Crippen LogP contribution < -0.4 is 5.43 Å². The number of hydrogen-bond acceptors (Lipinski definition) is 6. The number of nitrogens with one attached hydrogen (secondary N) is 1. The Morgan fingerprint density at radius 1 is 1.59 bits per heavy atom. The molecule has 2 heterocycles. The minimum absolute atomic E-state index is 0.0345. The first kappa shape index (κ1) is 16.2. The molecule has 1 unspecified atom stereocenters. The van der Waals surface area contributed by atoms with Gasteiger partial charge in [-0.05, 0) is 32.3 Å². The van der Waals surface area contributed by atoms with Crippen molar-refractivity contribution in [3.05, 3.63) is 18.5 Å². The van der Waals surface area contributed by atoms with E-state index >= 15 is 0 Å². The van der Waals surface area contributed by atoms with Gasteiger partial charge in [-0.15, -0.1) is 0 Å². The lowest BCUT2D eigenvalue weighted by Crippen LogP contribution is -2.47. The topological polar surface area (TPSA) is 85.2 Å². The minimum atomic E-state index is -0.292. The highest BCUT2D eigenvalue weighted by Gasteiger charge is 2.30. The van der Waals surface area contributed by atoms with Crippen LogP contribution >= 0.6 is 0 Å². The SMILES string of the molecule is CC[C@H](C)N(CC(=O)N1CCCC1C#N)Nc1ncccn1. The molecule has 2 rings (SSSR count). The van der Waals surface area contributed by atoms with Gasteiger partial charge in [0.05, 0.1) is 12.6 Å². The van der Waals surface area contributed by atoms with Gasteiger partial charge in [-0.3, -0.25) is 10.2 Å². The van der Waals surface area contributed by atoms with E-state index in [9.17, 15) is 4.79 Å². The van der Waals surface area contributed by atoms with Crippen molar-refractivity contribution in [3.63, 3.8) is 0 Å². The second-order valence-electron chi connectivity index (χ2n) is 5.44. The number of carbonyl (C=O) groups is 1. The summed E-state index contributed by atoms with van der Waals surface area (Å²) in [6, 6.07) is 3.80. The molecular formula is C15H22N6O. The molecule has 1 aromatic heterocycles. The van der Waals surface area contributed by atoms with Crippen LogP contribution in [0.25, 0.3) is 0 Å². The second kappa shape index (κ2) is 7.71. The standard InChI is InChI=1S/C15H22N6O/c1-3-12(2)21(19-15-17-7-5-8-18-15)11-14(22)20-9-4-6-13(20)10-16/h5,7-8,12-13H,3-4,6,9,11H2,1-2H3,(H,17,18,19)/t12-,13?/m0/s1. The summed E-state index contributed by atoms with van der Waals surface area (Å²) in [5.41, 5.74) is 3.10. The van der Waals surface area contributed by atoms with E-state index in [1.807, 2.05) is 11.9 Å². The van der Waals surface area contributed by atoms with Crippen molar-refractivity contribution in [2.75, 3.05) is 18.5 Å². The number of anilines is 1. The van der Waals surface area contributed by atoms with E-state index in [-0.39, 0.29) is 24.5 Å². The fourth-order valence-electron chi connectivity index (χ4n) is 2.45. The number of nitrogens with zero attached hydrogens (tertiary/aromatic N) is 5. The summed E-state index contributed by atoms with van der Waals surface area (Å²) in [6.07, 6.45) is 5.84. The van der Waals surface area contributed by atoms with E-state index in [2.05, 4.69) is 28.4 Å². The van der Waals surface area contributed by atoms with Gasteiger partial charge in [-0.2, -0.15) is 5.26 Å². The lowest BCUT2D eigenvalue weighted by Gasteiger charge is -2.30. The maximum atomic E-state index is 12.5. The molecule has 7 nitrogen and oxygen atoms in total. The first-order valence-corrected chi connectivity index (χ1v) is 7.65. The third-order valence-electron chi connectivity index (χ3n) is 3.96. The Hall–Kier alpha value is -2.20. The molecule has 0 aromatic carbocycles. The van der Waals surface area contributed by atoms with Gasteiger partial charge in [0.15, 0.2) is 0 Å². The summed E-state index contributed by atoms with van der Waals surface area (Å²) in [7, 11) is 0. The van der Waals surface area contributed by atoms with Gasteiger partial charge in [0.2, 0.25) is 11.9 Å². The van der Waals surface area contributed by atoms with Gasteiger partial charge < -0.3 is 4.90 Å². The van der Waals surface area contributed by atoms with Crippen molar-refractivity contribution < 1.29 is 4.79 Å². The molecule has 1 aromatic rings. The summed E-state index contributed by atoms with van der Waals surface area (Å²) >= 11 is 0. The van der Waals surface area contributed by atoms with Gasteiger partial charge >= 0.3 is 0 Å². The molecule has 0 aliphatic carbocycles. The van der Waals surface area contributed by atoms with E-state index in [0.29, 0.717) is 12.5 Å². The summed E-state index contributed by atoms with van der Waals surface area (Å²) in [5, 5.41) is 11.0. The van der Waals surface area contributed by atoms with Crippen LogP contribution in [0.2, 0.25) is 0 Å². The number of likely N-dealkylation sites (tertiary alicyclic amines) is 1. The van der Waals surface area contributed by atoms with E-state index in [1.54, 1.807) is 23.4 Å². The highest BCUT2D eigenvalue weighted by molar-refractivity contribution is 5.79. The van der Waals surface area contributed by atoms with Crippen molar-refractivity contribution in [1.29, 1.82) is 5.26 Å². The van der Waals surface area contributed by atoms with Gasteiger partial charge in [0.1, 0.15) is 6.04 Å². The van der Waals surface area contributed by atoms with Crippen LogP contribution in [0.5, 0.6) is 0 Å². The molecule has 0 saturated carbocycles. The number of nitriles is 1. The van der Waals surface area contributed by atoms with Crippen LogP contribution in [-0.2, 0) is 4.79 Å². The monoisotopic (exact) mass is 302 g/mol. The summed E-state index contributed by atoms with van der Waals surface area (Å²) in [5.74, 6) is 0.432. The normalized spacial score (nSPS) is 19.0. The number of amides is 1. The van der Waals surface area contributed by atoms with Gasteiger partial charge in [0, 0.05) is 25.0 Å². The first-order valence-electron chi connectivity index (χ1n) is 7.65. The number of hydrazine groups is 1. The average molecular weight is 302 g/mol. The van der Waals surface area contributed by atoms with Gasteiger partial charge in [-0.1, -0.05) is 6.92 Å². The summed E-state index contributed by atoms with van der Waals surface area (Å²) in [4.78, 5) is 22.4. The van der Waals surface area contributed by atoms with Crippen molar-refractivity contribution in [2.24, 2.45) is 0 Å². The number of aromatic nitrogens is 2. The van der Waals surface area contributed by atoms with Crippen molar-refractivity contribution >= 4 is 11.9 Å². The molecule has 0 bridgehead atoms. The molecule has 1 saturated heterocycles. The Labute approximate surface area is 130 Å². The van der Waals surface area contributed by atoms with Crippen LogP contribution in [0.1, 0.15) is 33.1 Å². The zero-order valence-electron chi connectivity index (χ0n) is 13.1. The van der Waals surface area contributed by atoms with E-state index in [4.69, 9.17) is 5.26 Å². The fraction of sp³-hybridized carbons (Fsp3) is 0.600. The predicted octanol–water partition coefficient (Wildman–Crippen LogP) is 1.42. The van der Waals surface area contributed by atoms with Gasteiger partial charge in [-0.25, -0.2) is 15.0 Å². The molecule has 1 N–H and O–H groups in total. The fourth-order valence-corrected chi connectivity index (χ4v) is 2.45. The second-order valence-corrected chi connectivity index (χ2v) is 5.44. The third-order valence-corrected chi connectivity index (χ3v) is 3.96. The van der Waals surface area contributed by atoms with Crippen LogP contribution in [0.4, 0.5) is 5.95 Å². The molecular weight excluding hydrogens is 280 g/mol. The van der Waals surface area contributed by atoms with Crippen LogP contribution in [0.15, 0.2) is 18.5 Å². The number of hydrogen-bond donors (Lipinski definition) is 1. The van der Waals surface area contributed by atoms with Gasteiger partial charge in [0.25, 0.3) is 0 Å². The Kier molecular flexibility index (Phi) is 5.67. The Morgan fingerprint density at radius 3 is 2.95 bits per heavy atom. The lowest BCUT2D eigenvalue weighted by atomic mass is 10.2. The average Bonchev–Trinajstić information content (AvgIpc) is 3.03. The molecule has 22 heavy (non-hydrogen) atoms. The van der Waals surface area contributed by atoms with Crippen molar-refractivity contribution in [3.8, 4) is 6.07 Å². The molecule has 0 radical (unpaired) electrons. The summed E-state index contributed by atoms with van der Waals surface area (Å²) in [6.45, 7) is 4.96. The Morgan fingerprint density at radius 2 is 2.32 bits per heavy atom. The molecule has 0 spiro atoms. The number of carbonyl (C=O) groups excluding carboxylic acids is 1. The predicted molar refractivity (Wildman–Crippen MR) is 82.5 cm³/mol. The molecule has 1 aliphatic heterocycles. The van der Waals surface area contributed by atoms with Crippen LogP contribution in [0, 0.1) is 11.3 Å². The Balaban J connectivity index is 2.03. The minimum Gasteiger partial charge on any atom is -0.325 e. The smallest absolute Gasteiger partial charge is 0.239 e. The zero-order valence-corrected chi connectivity index (χ0v) is 13.1.